The van der Waals surface area contributed by atoms with Gasteiger partial charge in [-0.25, -0.2) is 17.8 Å². The Labute approximate surface area is 197 Å². The summed E-state index contributed by atoms with van der Waals surface area (Å²) in [6.45, 7) is -0.230. The predicted octanol–water partition coefficient (Wildman–Crippen LogP) is 3.46. The molecule has 1 aliphatic rings. The van der Waals surface area contributed by atoms with Crippen molar-refractivity contribution in [2.24, 2.45) is 0 Å². The van der Waals surface area contributed by atoms with Gasteiger partial charge in [0.1, 0.15) is 24.0 Å². The lowest BCUT2D eigenvalue weighted by Crippen LogP contribution is -2.30. The molecule has 1 aliphatic carbocycles. The molecule has 2 N–H and O–H groups in total. The Morgan fingerprint density at radius 3 is 2.76 bits per heavy atom. The lowest BCUT2D eigenvalue weighted by molar-refractivity contribution is -0.137. The van der Waals surface area contributed by atoms with Gasteiger partial charge in [-0.15, -0.1) is 0 Å². The monoisotopic (exact) mass is 538 g/mol. The van der Waals surface area contributed by atoms with Gasteiger partial charge in [-0.05, 0) is 65.5 Å². The topological polar surface area (TPSA) is 123 Å². The Hall–Kier alpha value is -2.83. The molecule has 0 aliphatic heterocycles. The zero-order valence-corrected chi connectivity index (χ0v) is 19.6. The minimum atomic E-state index is -3.72. The lowest BCUT2D eigenvalue weighted by atomic mass is 9.93. The number of hydrogen-bond donors (Lipinski definition) is 2. The van der Waals surface area contributed by atoms with Crippen LogP contribution in [0.3, 0.4) is 0 Å². The van der Waals surface area contributed by atoms with Crippen molar-refractivity contribution in [3.63, 3.8) is 0 Å². The van der Waals surface area contributed by atoms with Crippen molar-refractivity contribution in [2.45, 2.75) is 36.7 Å². The maximum Gasteiger partial charge on any atom is 0.325 e. The minimum absolute atomic E-state index is 0.00550. The van der Waals surface area contributed by atoms with E-state index in [1.165, 1.54) is 41.2 Å². The number of aliphatic carboxylic acids is 1. The number of fused-ring (bicyclic) bond motifs is 1. The maximum absolute atomic E-state index is 13.0. The first-order valence-corrected chi connectivity index (χ1v) is 12.5. The zero-order chi connectivity index (χ0) is 23.6. The van der Waals surface area contributed by atoms with Crippen LogP contribution < -0.4 is 10.1 Å². The van der Waals surface area contributed by atoms with Gasteiger partial charge in [0.15, 0.2) is 9.84 Å². The number of nitrogens with zero attached hydrogens (tertiary/aromatic N) is 3. The molecule has 1 aromatic carbocycles. The van der Waals surface area contributed by atoms with Gasteiger partial charge in [0.05, 0.1) is 15.6 Å². The van der Waals surface area contributed by atoms with Gasteiger partial charge < -0.3 is 9.84 Å². The molecule has 33 heavy (non-hydrogen) atoms. The van der Waals surface area contributed by atoms with Gasteiger partial charge >= 0.3 is 5.97 Å². The van der Waals surface area contributed by atoms with E-state index in [9.17, 15) is 17.6 Å². The number of aromatic nitrogens is 3. The van der Waals surface area contributed by atoms with Crippen LogP contribution in [-0.2, 0) is 27.6 Å². The molecule has 0 saturated carbocycles. The molecule has 0 spiro atoms. The molecule has 0 unspecified atom stereocenters. The molecule has 2 heterocycles. The van der Waals surface area contributed by atoms with Gasteiger partial charge in [0.25, 0.3) is 0 Å². The van der Waals surface area contributed by atoms with Gasteiger partial charge in [-0.3, -0.25) is 14.8 Å². The van der Waals surface area contributed by atoms with Crippen LogP contribution in [0.4, 0.5) is 4.39 Å². The first kappa shape index (κ1) is 23.3. The number of benzene rings is 1. The van der Waals surface area contributed by atoms with Crippen LogP contribution >= 0.6 is 15.9 Å². The maximum atomic E-state index is 13.0. The Morgan fingerprint density at radius 1 is 1.30 bits per heavy atom. The summed E-state index contributed by atoms with van der Waals surface area (Å²) in [5, 5.41) is 16.2. The first-order valence-electron chi connectivity index (χ1n) is 10.0. The largest absolute Gasteiger partial charge is 0.480 e. The van der Waals surface area contributed by atoms with Crippen LogP contribution in [0.2, 0.25) is 0 Å². The number of pyridine rings is 1. The molecule has 3 aromatic rings. The number of carboxylic acids is 1. The molecule has 2 aromatic heterocycles. The molecular weight excluding hydrogens is 519 g/mol. The number of carbonyl (C=O) groups is 1. The molecule has 0 fully saturated rings. The Balaban J connectivity index is 1.45. The number of nitrogens with one attached hydrogen (secondary N) is 1. The summed E-state index contributed by atoms with van der Waals surface area (Å²) in [5.74, 6) is -1.20. The molecule has 1 atom stereocenters. The van der Waals surface area contributed by atoms with Crippen LogP contribution in [0, 0.1) is 5.82 Å². The SMILES string of the molecule is O=C(O)Cn1ncc2c1CCC[C@H]2NCS(=O)(=O)c1cnc(Oc2ccc(F)cc2)c(Br)c1. The van der Waals surface area contributed by atoms with Crippen LogP contribution in [0.25, 0.3) is 0 Å². The quantitative estimate of drug-likeness (QED) is 0.446. The van der Waals surface area contributed by atoms with Crippen molar-refractivity contribution in [1.82, 2.24) is 20.1 Å². The van der Waals surface area contributed by atoms with Crippen LogP contribution in [0.15, 0.2) is 52.1 Å². The van der Waals surface area contributed by atoms with Crippen LogP contribution in [0.1, 0.15) is 30.1 Å². The average Bonchev–Trinajstić information content (AvgIpc) is 3.18. The molecule has 0 amide bonds. The molecular formula is C21H20BrFN4O5S. The Morgan fingerprint density at radius 2 is 2.06 bits per heavy atom. The number of sulfone groups is 1. The number of ether oxygens (including phenoxy) is 1. The highest BCUT2D eigenvalue weighted by Gasteiger charge is 2.27. The van der Waals surface area contributed by atoms with Gasteiger partial charge in [0, 0.05) is 23.5 Å². The second-order valence-electron chi connectivity index (χ2n) is 7.52. The smallest absolute Gasteiger partial charge is 0.325 e. The molecule has 0 bridgehead atoms. The second kappa shape index (κ2) is 9.57. The normalized spacial score (nSPS) is 15.8. The summed E-state index contributed by atoms with van der Waals surface area (Å²) in [5.41, 5.74) is 1.63. The van der Waals surface area contributed by atoms with E-state index in [0.29, 0.717) is 23.1 Å². The van der Waals surface area contributed by atoms with Crippen molar-refractivity contribution in [3.8, 4) is 11.6 Å². The second-order valence-corrected chi connectivity index (χ2v) is 10.4. The first-order chi connectivity index (χ1) is 15.7. The highest BCUT2D eigenvalue weighted by molar-refractivity contribution is 9.10. The van der Waals surface area contributed by atoms with Crippen molar-refractivity contribution in [1.29, 1.82) is 0 Å². The Kier molecular flexibility index (Phi) is 6.77. The number of halogens is 2. The van der Waals surface area contributed by atoms with Crippen LogP contribution in [-0.4, -0.2) is 40.1 Å². The van der Waals surface area contributed by atoms with Crippen LogP contribution in [0.5, 0.6) is 11.6 Å². The fourth-order valence-electron chi connectivity index (χ4n) is 3.66. The highest BCUT2D eigenvalue weighted by atomic mass is 79.9. The number of carboxylic acid groups (broad SMARTS) is 1. The fraction of sp³-hybridized carbons (Fsp3) is 0.286. The molecule has 0 saturated heterocycles. The summed E-state index contributed by atoms with van der Waals surface area (Å²) < 4.78 is 46.2. The van der Waals surface area contributed by atoms with E-state index in [0.717, 1.165) is 17.7 Å². The van der Waals surface area contributed by atoms with Gasteiger partial charge in [-0.1, -0.05) is 0 Å². The van der Waals surface area contributed by atoms with E-state index >= 15 is 0 Å². The van der Waals surface area contributed by atoms with Gasteiger partial charge in [-0.2, -0.15) is 5.10 Å². The highest BCUT2D eigenvalue weighted by Crippen LogP contribution is 2.31. The van der Waals surface area contributed by atoms with Gasteiger partial charge in [0.2, 0.25) is 5.88 Å². The van der Waals surface area contributed by atoms with Crippen molar-refractivity contribution in [3.05, 3.63) is 64.3 Å². The third-order valence-electron chi connectivity index (χ3n) is 5.24. The zero-order valence-electron chi connectivity index (χ0n) is 17.2. The van der Waals surface area contributed by atoms with Crippen molar-refractivity contribution < 1.29 is 27.4 Å². The standard InChI is InChI=1S/C21H20BrFN4O5S/c22-17-8-15(9-24-21(17)32-14-6-4-13(23)5-7-14)33(30,31)12-25-18-2-1-3-19-16(18)10-26-27(19)11-20(28)29/h4-10,18,25H,1-3,11-12H2,(H,28,29)/t18-/m1/s1. The summed E-state index contributed by atoms with van der Waals surface area (Å²) in [7, 11) is -3.72. The van der Waals surface area contributed by atoms with Crippen molar-refractivity contribution in [2.75, 3.05) is 5.88 Å². The van der Waals surface area contributed by atoms with E-state index in [1.54, 1.807) is 6.20 Å². The third-order valence-corrected chi connectivity index (χ3v) is 7.29. The van der Waals surface area contributed by atoms with E-state index < -0.39 is 21.6 Å². The van der Waals surface area contributed by atoms with E-state index in [4.69, 9.17) is 9.84 Å². The minimum Gasteiger partial charge on any atom is -0.480 e. The third kappa shape index (κ3) is 5.40. The van der Waals surface area contributed by atoms with E-state index in [-0.39, 0.29) is 29.2 Å². The summed E-state index contributed by atoms with van der Waals surface area (Å²) in [6, 6.07) is 6.53. The fourth-order valence-corrected chi connectivity index (χ4v) is 5.34. The van der Waals surface area contributed by atoms with E-state index in [2.05, 4.69) is 31.3 Å². The summed E-state index contributed by atoms with van der Waals surface area (Å²) in [4.78, 5) is 15.1. The molecule has 4 rings (SSSR count). The van der Waals surface area contributed by atoms with E-state index in [1.807, 2.05) is 0 Å². The number of rotatable bonds is 8. The lowest BCUT2D eigenvalue weighted by Gasteiger charge is -2.24. The molecule has 9 nitrogen and oxygen atoms in total. The average molecular weight is 539 g/mol. The summed E-state index contributed by atoms with van der Waals surface area (Å²) in [6.07, 6.45) is 5.01. The predicted molar refractivity (Wildman–Crippen MR) is 119 cm³/mol. The molecule has 0 radical (unpaired) electrons. The van der Waals surface area contributed by atoms with Crippen molar-refractivity contribution >= 4 is 31.7 Å². The number of hydrogen-bond acceptors (Lipinski definition) is 7. The molecule has 12 heteroatoms. The molecule has 174 valence electrons. The Bertz CT molecular complexity index is 1280. The summed E-state index contributed by atoms with van der Waals surface area (Å²) >= 11 is 3.28.